The third-order valence-corrected chi connectivity index (χ3v) is 12.8. The van der Waals surface area contributed by atoms with E-state index >= 15 is 4.79 Å². The molecule has 0 aliphatic carbocycles. The van der Waals surface area contributed by atoms with E-state index in [1.807, 2.05) is 0 Å². The number of benzene rings is 5. The normalized spacial score (nSPS) is 22.3. The summed E-state index contributed by atoms with van der Waals surface area (Å²) in [5.41, 5.74) is -9.40. The second-order valence-electron chi connectivity index (χ2n) is 17.6. The van der Waals surface area contributed by atoms with E-state index in [-0.39, 0.29) is 12.1 Å². The second kappa shape index (κ2) is 19.5. The summed E-state index contributed by atoms with van der Waals surface area (Å²) in [6.07, 6.45) is -17.2. The molecule has 0 amide bonds. The van der Waals surface area contributed by atoms with Crippen molar-refractivity contribution in [2.45, 2.75) is 49.1 Å². The van der Waals surface area contributed by atoms with Gasteiger partial charge in [0.15, 0.2) is 81.6 Å². The maximum absolute atomic E-state index is 15.2. The number of aliphatic hydroxyl groups is 1. The molecule has 5 aromatic rings. The van der Waals surface area contributed by atoms with Crippen molar-refractivity contribution in [1.29, 1.82) is 0 Å². The lowest BCUT2D eigenvalue weighted by atomic mass is 9.76. The number of fused-ring (bicyclic) bond motifs is 3. The van der Waals surface area contributed by atoms with E-state index in [0.29, 0.717) is 24.3 Å². The van der Waals surface area contributed by atoms with Gasteiger partial charge in [0.25, 0.3) is 0 Å². The number of cyclic esters (lactones) is 1. The maximum Gasteiger partial charge on any atom is 0.341 e. The van der Waals surface area contributed by atoms with Crippen LogP contribution in [0.4, 0.5) is 0 Å². The molecule has 32 nitrogen and oxygen atoms in total. The van der Waals surface area contributed by atoms with Crippen molar-refractivity contribution in [3.63, 3.8) is 0 Å². The van der Waals surface area contributed by atoms with E-state index < -0.39 is 246 Å². The molecule has 5 aromatic carbocycles. The molecule has 1 fully saturated rings. The van der Waals surface area contributed by atoms with Gasteiger partial charge in [0.05, 0.1) is 34.6 Å². The van der Waals surface area contributed by atoms with E-state index in [0.717, 1.165) is 0 Å². The van der Waals surface area contributed by atoms with Gasteiger partial charge in [-0.2, -0.15) is 0 Å². The summed E-state index contributed by atoms with van der Waals surface area (Å²) in [4.78, 5) is 111. The fourth-order valence-corrected chi connectivity index (χ4v) is 9.11. The molecule has 4 aliphatic heterocycles. The average molecular weight is 1120 g/mol. The largest absolute Gasteiger partial charge is 0.504 e. The number of aromatic carboxylic acids is 1. The summed E-state index contributed by atoms with van der Waals surface area (Å²) in [5.74, 6) is -42.3. The molecule has 80 heavy (non-hydrogen) atoms. The van der Waals surface area contributed by atoms with Gasteiger partial charge >= 0.3 is 47.8 Å². The van der Waals surface area contributed by atoms with E-state index in [9.17, 15) is 115 Å². The van der Waals surface area contributed by atoms with Crippen molar-refractivity contribution in [3.8, 4) is 103 Å². The molecule has 0 unspecified atom stereocenters. The number of rotatable bonds is 7. The minimum Gasteiger partial charge on any atom is -0.504 e. The van der Waals surface area contributed by atoms with Crippen molar-refractivity contribution in [2.75, 3.05) is 6.61 Å². The molecular formula is C48H34O32. The molecule has 4 aliphatic rings. The van der Waals surface area contributed by atoms with Gasteiger partial charge in [0, 0.05) is 28.7 Å². The van der Waals surface area contributed by atoms with Crippen molar-refractivity contribution in [2.24, 2.45) is 5.92 Å². The van der Waals surface area contributed by atoms with Crippen molar-refractivity contribution in [3.05, 3.63) is 69.8 Å². The number of hydrogen-bond donors (Lipinski definition) is 16. The lowest BCUT2D eigenvalue weighted by Crippen LogP contribution is -2.63. The molecule has 0 radical (unpaired) electrons. The van der Waals surface area contributed by atoms with Crippen LogP contribution in [0.2, 0.25) is 0 Å². The third kappa shape index (κ3) is 8.80. The number of phenolic OH excluding ortho intramolecular Hbond substituents is 13. The highest BCUT2D eigenvalue weighted by atomic mass is 16.7. The zero-order valence-electron chi connectivity index (χ0n) is 39.2. The van der Waals surface area contributed by atoms with Crippen LogP contribution in [-0.4, -0.2) is 173 Å². The molecule has 4 bridgehead atoms. The summed E-state index contributed by atoms with van der Waals surface area (Å²) in [7, 11) is 0. The lowest BCUT2D eigenvalue weighted by Gasteiger charge is -2.44. The lowest BCUT2D eigenvalue weighted by molar-refractivity contribution is -0.287. The van der Waals surface area contributed by atoms with E-state index in [2.05, 4.69) is 0 Å². The number of carbonyl (C=O) groups is 8. The first-order valence-corrected chi connectivity index (χ1v) is 22.3. The summed E-state index contributed by atoms with van der Waals surface area (Å²) < 4.78 is 44.7. The highest BCUT2D eigenvalue weighted by molar-refractivity contribution is 6.09. The predicted octanol–water partition coefficient (Wildman–Crippen LogP) is 0.900. The quantitative estimate of drug-likeness (QED) is 0.0466. The van der Waals surface area contributed by atoms with Crippen LogP contribution in [0.5, 0.6) is 92.0 Å². The highest BCUT2D eigenvalue weighted by Gasteiger charge is 2.58. The van der Waals surface area contributed by atoms with Crippen LogP contribution < -0.4 is 9.47 Å². The Hall–Kier alpha value is -11.0. The Morgan fingerprint density at radius 1 is 0.550 bits per heavy atom. The zero-order chi connectivity index (χ0) is 58.4. The Kier molecular flexibility index (Phi) is 13.1. The number of ether oxygens (including phenoxy) is 8. The SMILES string of the molecule is O=C(O)C[C@@H]1C(=O)O[C@@H]2[C@H]3OC(=O)c4cc(O)c(O)c(Oc5c(C(=O)O)cc(O)c(O)c5O)c4-c4c(cc(O)c(O)c4O)C(=O)OC[C@@H]2O[C@H](OC(=O)c2cc(O)c(O)c(O)c2)[C@H]3OC(=O)c2cc(O)c(O)c3c2[C@@H]1[C@H](O)C(=O)O3. The van der Waals surface area contributed by atoms with Crippen LogP contribution in [0.3, 0.4) is 0 Å². The summed E-state index contributed by atoms with van der Waals surface area (Å²) in [5, 5.41) is 171. The topological polar surface area (TPSA) is 534 Å². The van der Waals surface area contributed by atoms with Gasteiger partial charge in [-0.25, -0.2) is 28.8 Å². The van der Waals surface area contributed by atoms with E-state index in [4.69, 9.17) is 37.9 Å². The summed E-state index contributed by atoms with van der Waals surface area (Å²) in [6, 6.07) is 2.25. The molecule has 4 heterocycles. The molecule has 0 spiro atoms. The van der Waals surface area contributed by atoms with Crippen molar-refractivity contribution >= 4 is 47.8 Å². The maximum atomic E-state index is 15.2. The number of carboxylic acids is 2. The predicted molar refractivity (Wildman–Crippen MR) is 243 cm³/mol. The zero-order valence-corrected chi connectivity index (χ0v) is 39.2. The molecule has 1 saturated heterocycles. The molecule has 32 heteroatoms. The number of carbonyl (C=O) groups excluding carboxylic acids is 6. The van der Waals surface area contributed by atoms with Crippen LogP contribution in [0, 0.1) is 5.92 Å². The fraction of sp³-hybridized carbons (Fsp3) is 0.208. The van der Waals surface area contributed by atoms with Gasteiger partial charge in [-0.15, -0.1) is 0 Å². The van der Waals surface area contributed by atoms with Gasteiger partial charge in [-0.1, -0.05) is 0 Å². The Balaban J connectivity index is 1.33. The molecule has 0 aromatic heterocycles. The minimum absolute atomic E-state index is 0.235. The van der Waals surface area contributed by atoms with Crippen LogP contribution in [0.15, 0.2) is 36.4 Å². The first kappa shape index (κ1) is 53.8. The number of phenols is 13. The van der Waals surface area contributed by atoms with Gasteiger partial charge in [-0.3, -0.25) is 9.59 Å². The first-order valence-electron chi connectivity index (χ1n) is 22.3. The number of aliphatic hydroxyl groups excluding tert-OH is 1. The molecular weight excluding hydrogens is 1090 g/mol. The number of aromatic hydroxyl groups is 13. The number of aliphatic carboxylic acids is 1. The molecule has 8 atom stereocenters. The monoisotopic (exact) mass is 1120 g/mol. The van der Waals surface area contributed by atoms with Gasteiger partial charge in [-0.05, 0) is 30.3 Å². The summed E-state index contributed by atoms with van der Waals surface area (Å²) in [6.45, 7) is -1.45. The summed E-state index contributed by atoms with van der Waals surface area (Å²) >= 11 is 0. The van der Waals surface area contributed by atoms with Gasteiger partial charge < -0.3 is 120 Å². The minimum atomic E-state index is -2.75. The molecule has 9 rings (SSSR count). The standard InChI is InChI=1S/C48H34O32/c49-15-1-9(2-16(50)27(15)57)42(67)80-48-40-39-36(76-46(71)13(7-22(55)56)24-26-12(45(70)79-40)5-20(54)31(61)38(26)77-47(72)33(24)63)21(74-48)8-73-43(68)10-3-17(51)28(58)32(62)23(10)25-11(44(69)78-39)4-19(53)30(60)37(25)75-35-14(41(65)66)6-18(52)29(59)34(35)64/h1-6,13,21,24,33,36,39-40,48-54,57-64H,7-8H2,(H,55,56)(H,65,66)/t13-,21-,24+,33-,36-,39+,40-,48+/m0/s1. The van der Waals surface area contributed by atoms with Gasteiger partial charge in [0.1, 0.15) is 18.3 Å². The van der Waals surface area contributed by atoms with Crippen molar-refractivity contribution in [1.82, 2.24) is 0 Å². The number of hydrogen-bond acceptors (Lipinski definition) is 30. The molecule has 16 N–H and O–H groups in total. The molecule has 418 valence electrons. The van der Waals surface area contributed by atoms with Crippen LogP contribution in [-0.2, 0) is 42.8 Å². The Morgan fingerprint density at radius 3 is 1.74 bits per heavy atom. The third-order valence-electron chi connectivity index (χ3n) is 12.8. The van der Waals surface area contributed by atoms with E-state index in [1.165, 1.54) is 0 Å². The second-order valence-corrected chi connectivity index (χ2v) is 17.6. The fourth-order valence-electron chi connectivity index (χ4n) is 9.11. The van der Waals surface area contributed by atoms with Gasteiger partial charge in [0.2, 0.25) is 41.1 Å². The number of esters is 6. The van der Waals surface area contributed by atoms with Crippen LogP contribution in [0.1, 0.15) is 69.7 Å². The van der Waals surface area contributed by atoms with Crippen molar-refractivity contribution < 1.29 is 158 Å². The van der Waals surface area contributed by atoms with E-state index in [1.54, 1.807) is 0 Å². The highest BCUT2D eigenvalue weighted by Crippen LogP contribution is 2.57. The van der Waals surface area contributed by atoms with Crippen LogP contribution >= 0.6 is 0 Å². The Morgan fingerprint density at radius 2 is 1.10 bits per heavy atom. The van der Waals surface area contributed by atoms with Crippen LogP contribution in [0.25, 0.3) is 11.1 Å². The average Bonchev–Trinajstić information content (AvgIpc) is 3.58. The Labute approximate surface area is 439 Å². The number of carboxylic acid groups (broad SMARTS) is 2. The molecule has 0 saturated carbocycles. The first-order chi connectivity index (χ1) is 37.6. The Bertz CT molecular complexity index is 3580. The smallest absolute Gasteiger partial charge is 0.341 e.